The van der Waals surface area contributed by atoms with E-state index in [1.54, 1.807) is 12.1 Å². The summed E-state index contributed by atoms with van der Waals surface area (Å²) in [6.45, 7) is 0. The van der Waals surface area contributed by atoms with Crippen LogP contribution in [0.4, 0.5) is 17.6 Å². The summed E-state index contributed by atoms with van der Waals surface area (Å²) >= 11 is 0. The van der Waals surface area contributed by atoms with E-state index in [1.165, 1.54) is 24.2 Å². The van der Waals surface area contributed by atoms with Crippen LogP contribution in [0.3, 0.4) is 0 Å². The molecule has 0 saturated heterocycles. The molecular formula is C18H14F4N4O2. The van der Waals surface area contributed by atoms with Crippen molar-refractivity contribution in [3.05, 3.63) is 70.8 Å². The van der Waals surface area contributed by atoms with E-state index in [2.05, 4.69) is 10.1 Å². The number of benzene rings is 1. The summed E-state index contributed by atoms with van der Waals surface area (Å²) in [5.41, 5.74) is 4.97. The molecule has 6 nitrogen and oxygen atoms in total. The van der Waals surface area contributed by atoms with Gasteiger partial charge in [-0.3, -0.25) is 4.79 Å². The van der Waals surface area contributed by atoms with E-state index in [1.807, 2.05) is 0 Å². The van der Waals surface area contributed by atoms with Gasteiger partial charge in [-0.15, -0.1) is 5.10 Å². The molecule has 1 amide bonds. The summed E-state index contributed by atoms with van der Waals surface area (Å²) in [7, 11) is 1.32. The molecule has 146 valence electrons. The van der Waals surface area contributed by atoms with Crippen LogP contribution < -0.4 is 10.5 Å². The number of carbonyl (C=O) groups is 1. The summed E-state index contributed by atoms with van der Waals surface area (Å²) in [6.07, 6.45) is -1.85. The van der Waals surface area contributed by atoms with E-state index in [-0.39, 0.29) is 29.2 Å². The summed E-state index contributed by atoms with van der Waals surface area (Å²) in [5, 5.41) is 4.05. The molecule has 0 atom stereocenters. The zero-order valence-electron chi connectivity index (χ0n) is 14.5. The minimum absolute atomic E-state index is 0.0136. The highest BCUT2D eigenvalue weighted by Gasteiger charge is 2.31. The van der Waals surface area contributed by atoms with Gasteiger partial charge in [0.15, 0.2) is 5.82 Å². The van der Waals surface area contributed by atoms with Crippen molar-refractivity contribution in [3.8, 4) is 11.7 Å². The Bertz CT molecular complexity index is 1030. The fourth-order valence-corrected chi connectivity index (χ4v) is 2.64. The highest BCUT2D eigenvalue weighted by molar-refractivity contribution is 5.94. The average Bonchev–Trinajstić information content (AvgIpc) is 3.05. The van der Waals surface area contributed by atoms with E-state index in [4.69, 9.17) is 10.5 Å². The highest BCUT2D eigenvalue weighted by atomic mass is 19.4. The first-order valence-electron chi connectivity index (χ1n) is 7.93. The third kappa shape index (κ3) is 4.11. The van der Waals surface area contributed by atoms with Crippen molar-refractivity contribution in [3.63, 3.8) is 0 Å². The predicted octanol–water partition coefficient (Wildman–Crippen LogP) is 3.12. The Hall–Kier alpha value is -3.43. The van der Waals surface area contributed by atoms with Crippen molar-refractivity contribution in [2.75, 3.05) is 7.11 Å². The van der Waals surface area contributed by atoms with Crippen molar-refractivity contribution < 1.29 is 27.1 Å². The molecule has 3 rings (SSSR count). The van der Waals surface area contributed by atoms with E-state index in [9.17, 15) is 22.4 Å². The number of aromatic nitrogens is 3. The monoisotopic (exact) mass is 394 g/mol. The lowest BCUT2D eigenvalue weighted by atomic mass is 10.0. The lowest BCUT2D eigenvalue weighted by Crippen LogP contribution is -2.11. The summed E-state index contributed by atoms with van der Waals surface area (Å²) in [5.74, 6) is -1.41. The average molecular weight is 394 g/mol. The van der Waals surface area contributed by atoms with Crippen LogP contribution in [0.1, 0.15) is 27.0 Å². The number of amides is 1. The van der Waals surface area contributed by atoms with Crippen LogP contribution in [-0.2, 0) is 12.6 Å². The number of methoxy groups -OCH3 is 1. The number of carbonyl (C=O) groups excluding carboxylic acids is 1. The lowest BCUT2D eigenvalue weighted by Gasteiger charge is -2.10. The Morgan fingerprint density at radius 1 is 1.21 bits per heavy atom. The number of alkyl halides is 3. The zero-order valence-corrected chi connectivity index (χ0v) is 14.5. The number of rotatable bonds is 5. The second-order valence-corrected chi connectivity index (χ2v) is 5.91. The number of nitrogens with two attached hydrogens (primary N) is 1. The molecule has 1 aromatic carbocycles. The Balaban J connectivity index is 1.93. The van der Waals surface area contributed by atoms with Crippen LogP contribution in [-0.4, -0.2) is 27.8 Å². The molecule has 0 aliphatic heterocycles. The maximum absolute atomic E-state index is 13.6. The molecule has 0 aliphatic carbocycles. The van der Waals surface area contributed by atoms with Crippen LogP contribution >= 0.6 is 0 Å². The Kier molecular flexibility index (Phi) is 5.04. The van der Waals surface area contributed by atoms with E-state index < -0.39 is 23.5 Å². The van der Waals surface area contributed by atoms with Gasteiger partial charge >= 0.3 is 6.18 Å². The maximum atomic E-state index is 13.6. The zero-order chi connectivity index (χ0) is 20.5. The van der Waals surface area contributed by atoms with Crippen LogP contribution in [0.5, 0.6) is 5.88 Å². The molecule has 2 aromatic heterocycles. The summed E-state index contributed by atoms with van der Waals surface area (Å²) < 4.78 is 58.4. The summed E-state index contributed by atoms with van der Waals surface area (Å²) in [4.78, 5) is 15.5. The minimum atomic E-state index is -4.64. The molecule has 0 spiro atoms. The maximum Gasteiger partial charge on any atom is 0.416 e. The van der Waals surface area contributed by atoms with Crippen LogP contribution in [0.25, 0.3) is 5.82 Å². The Morgan fingerprint density at radius 3 is 2.57 bits per heavy atom. The number of hydrogen-bond donors (Lipinski definition) is 1. The third-order valence-electron chi connectivity index (χ3n) is 3.88. The van der Waals surface area contributed by atoms with Crippen molar-refractivity contribution in [2.45, 2.75) is 12.6 Å². The van der Waals surface area contributed by atoms with Gasteiger partial charge in [0.2, 0.25) is 5.88 Å². The van der Waals surface area contributed by atoms with Gasteiger partial charge < -0.3 is 10.5 Å². The van der Waals surface area contributed by atoms with Crippen molar-refractivity contribution in [1.82, 2.24) is 14.8 Å². The van der Waals surface area contributed by atoms with Gasteiger partial charge in [-0.1, -0.05) is 0 Å². The van der Waals surface area contributed by atoms with Gasteiger partial charge in [0.05, 0.1) is 12.7 Å². The second kappa shape index (κ2) is 7.29. The molecule has 0 saturated carbocycles. The first-order valence-corrected chi connectivity index (χ1v) is 7.93. The normalized spacial score (nSPS) is 11.5. The second-order valence-electron chi connectivity index (χ2n) is 5.91. The highest BCUT2D eigenvalue weighted by Crippen LogP contribution is 2.31. The van der Waals surface area contributed by atoms with Crippen LogP contribution in [0.15, 0.2) is 42.7 Å². The molecule has 2 heterocycles. The van der Waals surface area contributed by atoms with Gasteiger partial charge in [0, 0.05) is 12.4 Å². The molecular weight excluding hydrogens is 380 g/mol. The standard InChI is InChI=1S/C18H14F4N4O2/c1-28-17-14(16(23)27)9-26(25-17)15-7-10(2-3-24-15)4-11-5-12(18(20,21)22)8-13(19)6-11/h2-3,5-9H,4H2,1H3,(H2,23,27). The topological polar surface area (TPSA) is 83.0 Å². The molecule has 10 heteroatoms. The first kappa shape index (κ1) is 19.3. The Morgan fingerprint density at radius 2 is 1.96 bits per heavy atom. The first-order chi connectivity index (χ1) is 13.2. The minimum Gasteiger partial charge on any atom is -0.479 e. The fraction of sp³-hybridized carbons (Fsp3) is 0.167. The van der Waals surface area contributed by atoms with E-state index >= 15 is 0 Å². The number of pyridine rings is 1. The van der Waals surface area contributed by atoms with Gasteiger partial charge in [-0.25, -0.2) is 14.1 Å². The number of nitrogens with zero attached hydrogens (tertiary/aromatic N) is 3. The SMILES string of the molecule is COc1nn(-c2cc(Cc3cc(F)cc(C(F)(F)F)c3)ccn2)cc1C(N)=O. The molecule has 0 bridgehead atoms. The number of primary amides is 1. The molecule has 3 aromatic rings. The fourth-order valence-electron chi connectivity index (χ4n) is 2.64. The quantitative estimate of drug-likeness (QED) is 0.674. The van der Waals surface area contributed by atoms with E-state index in [0.29, 0.717) is 11.6 Å². The molecule has 0 fully saturated rings. The molecule has 0 aliphatic rings. The number of halogens is 4. The molecule has 0 radical (unpaired) electrons. The molecule has 28 heavy (non-hydrogen) atoms. The molecule has 0 unspecified atom stereocenters. The number of hydrogen-bond acceptors (Lipinski definition) is 4. The van der Waals surface area contributed by atoms with Crippen molar-refractivity contribution in [2.24, 2.45) is 5.73 Å². The molecule has 2 N–H and O–H groups in total. The van der Waals surface area contributed by atoms with Gasteiger partial charge in [0.25, 0.3) is 5.91 Å². The van der Waals surface area contributed by atoms with Gasteiger partial charge in [0.1, 0.15) is 11.4 Å². The third-order valence-corrected chi connectivity index (χ3v) is 3.88. The van der Waals surface area contributed by atoms with Crippen LogP contribution in [0.2, 0.25) is 0 Å². The van der Waals surface area contributed by atoms with Crippen molar-refractivity contribution >= 4 is 5.91 Å². The van der Waals surface area contributed by atoms with Gasteiger partial charge in [-0.2, -0.15) is 13.2 Å². The van der Waals surface area contributed by atoms with Crippen LogP contribution in [0, 0.1) is 5.82 Å². The summed E-state index contributed by atoms with van der Waals surface area (Å²) in [6, 6.07) is 5.51. The van der Waals surface area contributed by atoms with E-state index in [0.717, 1.165) is 12.1 Å². The smallest absolute Gasteiger partial charge is 0.416 e. The predicted molar refractivity (Wildman–Crippen MR) is 90.6 cm³/mol. The van der Waals surface area contributed by atoms with Gasteiger partial charge in [-0.05, 0) is 47.9 Å². The Labute approximate surface area is 156 Å². The lowest BCUT2D eigenvalue weighted by molar-refractivity contribution is -0.137. The number of ether oxygens (including phenoxy) is 1. The largest absolute Gasteiger partial charge is 0.479 e. The van der Waals surface area contributed by atoms with Crippen molar-refractivity contribution in [1.29, 1.82) is 0 Å².